The summed E-state index contributed by atoms with van der Waals surface area (Å²) in [5.41, 5.74) is -2.22. The first kappa shape index (κ1) is 13.4. The maximum Gasteiger partial charge on any atom is 1.00 e. The van der Waals surface area contributed by atoms with Crippen LogP contribution in [0.5, 0.6) is 0 Å². The number of hydrogen-bond acceptors (Lipinski definition) is 3. The normalized spacial score (nSPS) is 13.9. The molecule has 0 saturated heterocycles. The average molecular weight is 178 g/mol. The first-order valence-corrected chi connectivity index (χ1v) is 4.04. The number of alkyl halides is 1. The van der Waals surface area contributed by atoms with Crippen LogP contribution in [0, 0.1) is 0 Å². The van der Waals surface area contributed by atoms with Crippen molar-refractivity contribution in [2.24, 2.45) is 0 Å². The van der Waals surface area contributed by atoms with Gasteiger partial charge >= 0.3 is 29.6 Å². The first-order valence-electron chi connectivity index (χ1n) is 2.57. The Kier molecular flexibility index (Phi) is 7.37. The second kappa shape index (κ2) is 5.49. The molecule has 0 aromatic heterocycles. The quantitative estimate of drug-likeness (QED) is 0.358. The minimum Gasteiger partial charge on any atom is -0.746 e. The maximum atomic E-state index is 12.0. The summed E-state index contributed by atoms with van der Waals surface area (Å²) in [4.78, 5) is 0. The Bertz CT molecular complexity index is 167. The summed E-state index contributed by atoms with van der Waals surface area (Å²) in [6, 6.07) is 0. The third kappa shape index (κ3) is 5.61. The minimum atomic E-state index is -4.68. The molecule has 0 aromatic rings. The van der Waals surface area contributed by atoms with Gasteiger partial charge in [-0.1, -0.05) is 13.3 Å². The molecule has 0 spiro atoms. The third-order valence-electron chi connectivity index (χ3n) is 0.829. The van der Waals surface area contributed by atoms with Crippen LogP contribution in [0.1, 0.15) is 19.8 Å². The van der Waals surface area contributed by atoms with E-state index in [-0.39, 0.29) is 36.0 Å². The van der Waals surface area contributed by atoms with Gasteiger partial charge in [0.15, 0.2) is 5.50 Å². The molecule has 1 atom stereocenters. The van der Waals surface area contributed by atoms with Crippen molar-refractivity contribution < 1.29 is 46.9 Å². The fourth-order valence-corrected chi connectivity index (χ4v) is 0.896. The van der Waals surface area contributed by atoms with E-state index in [2.05, 4.69) is 0 Å². The third-order valence-corrected chi connectivity index (χ3v) is 1.69. The van der Waals surface area contributed by atoms with Gasteiger partial charge in [-0.05, 0) is 6.42 Å². The van der Waals surface area contributed by atoms with Gasteiger partial charge in [0.25, 0.3) is 0 Å². The number of hydrogen-bond donors (Lipinski definition) is 0. The Morgan fingerprint density at radius 3 is 2.10 bits per heavy atom. The minimum absolute atomic E-state index is 0. The van der Waals surface area contributed by atoms with Gasteiger partial charge in [-0.2, -0.15) is 0 Å². The van der Waals surface area contributed by atoms with Gasteiger partial charge in [0, 0.05) is 0 Å². The van der Waals surface area contributed by atoms with Crippen LogP contribution in [0.3, 0.4) is 0 Å². The molecule has 0 saturated carbocycles. The molecule has 0 aromatic carbocycles. The average Bonchev–Trinajstić information content (AvgIpc) is 1.64. The Labute approximate surface area is 82.0 Å². The molecule has 10 heavy (non-hydrogen) atoms. The van der Waals surface area contributed by atoms with Gasteiger partial charge < -0.3 is 4.55 Å². The van der Waals surface area contributed by atoms with Crippen LogP contribution in [0.2, 0.25) is 0 Å². The topological polar surface area (TPSA) is 57.2 Å². The molecule has 0 amide bonds. The first-order chi connectivity index (χ1) is 3.98. The summed E-state index contributed by atoms with van der Waals surface area (Å²) in [6.07, 6.45) is 0.161. The largest absolute Gasteiger partial charge is 1.00 e. The molecule has 0 aliphatic heterocycles. The maximum absolute atomic E-state index is 12.0. The Morgan fingerprint density at radius 1 is 1.60 bits per heavy atom. The summed E-state index contributed by atoms with van der Waals surface area (Å²) < 4.78 is 41.4. The van der Waals surface area contributed by atoms with E-state index < -0.39 is 15.6 Å². The molecule has 0 N–H and O–H groups in total. The van der Waals surface area contributed by atoms with E-state index in [0.29, 0.717) is 6.42 Å². The Morgan fingerprint density at radius 2 is 2.00 bits per heavy atom. The Balaban J connectivity index is 0. The van der Waals surface area contributed by atoms with Crippen LogP contribution < -0.4 is 29.6 Å². The number of halogens is 1. The summed E-state index contributed by atoms with van der Waals surface area (Å²) >= 11 is 0. The van der Waals surface area contributed by atoms with Gasteiger partial charge in [-0.15, -0.1) is 0 Å². The van der Waals surface area contributed by atoms with Crippen molar-refractivity contribution in [3.63, 3.8) is 0 Å². The second-order valence-electron chi connectivity index (χ2n) is 1.69. The predicted octanol–water partition coefficient (Wildman–Crippen LogP) is -2.37. The molecule has 0 aliphatic rings. The van der Waals surface area contributed by atoms with Crippen molar-refractivity contribution in [2.75, 3.05) is 0 Å². The van der Waals surface area contributed by atoms with E-state index in [0.717, 1.165) is 0 Å². The van der Waals surface area contributed by atoms with Crippen LogP contribution in [0.25, 0.3) is 0 Å². The van der Waals surface area contributed by atoms with E-state index in [1.807, 2.05) is 0 Å². The molecule has 3 nitrogen and oxygen atoms in total. The molecular weight excluding hydrogens is 170 g/mol. The molecule has 0 bridgehead atoms. The van der Waals surface area contributed by atoms with Gasteiger partial charge in [0.2, 0.25) is 0 Å². The van der Waals surface area contributed by atoms with Gasteiger partial charge in [0.05, 0.1) is 0 Å². The zero-order valence-corrected chi connectivity index (χ0v) is 8.82. The molecule has 0 fully saturated rings. The summed E-state index contributed by atoms with van der Waals surface area (Å²) in [7, 11) is -4.68. The molecule has 0 aliphatic carbocycles. The zero-order chi connectivity index (χ0) is 7.49. The van der Waals surface area contributed by atoms with Crippen LogP contribution in [0.15, 0.2) is 0 Å². The van der Waals surface area contributed by atoms with Gasteiger partial charge in [0.1, 0.15) is 10.1 Å². The molecule has 1 unspecified atom stereocenters. The second-order valence-corrected chi connectivity index (χ2v) is 3.19. The SMILES string of the molecule is CCCC(F)S(=O)(=O)[O-].[Na+]. The summed E-state index contributed by atoms with van der Waals surface area (Å²) in [5, 5.41) is 0. The predicted molar refractivity (Wildman–Crippen MR) is 29.5 cm³/mol. The van der Waals surface area contributed by atoms with Crippen molar-refractivity contribution in [3.05, 3.63) is 0 Å². The van der Waals surface area contributed by atoms with Crippen molar-refractivity contribution in [2.45, 2.75) is 25.3 Å². The van der Waals surface area contributed by atoms with Gasteiger partial charge in [-0.3, -0.25) is 0 Å². The van der Waals surface area contributed by atoms with E-state index in [1.165, 1.54) is 0 Å². The fraction of sp³-hybridized carbons (Fsp3) is 1.00. The standard InChI is InChI=1S/C4H9FO3S.Na/c1-2-3-4(5)9(6,7)8;/h4H,2-3H2,1H3,(H,6,7,8);/q;+1/p-1. The molecule has 0 heterocycles. The van der Waals surface area contributed by atoms with Crippen molar-refractivity contribution in [3.8, 4) is 0 Å². The van der Waals surface area contributed by atoms with Crippen molar-refractivity contribution in [1.82, 2.24) is 0 Å². The van der Waals surface area contributed by atoms with Crippen molar-refractivity contribution in [1.29, 1.82) is 0 Å². The molecule has 56 valence electrons. The number of rotatable bonds is 3. The smallest absolute Gasteiger partial charge is 0.746 e. The van der Waals surface area contributed by atoms with Crippen LogP contribution in [-0.2, 0) is 10.1 Å². The van der Waals surface area contributed by atoms with E-state index in [9.17, 15) is 17.4 Å². The summed E-state index contributed by atoms with van der Waals surface area (Å²) in [6.45, 7) is 1.61. The van der Waals surface area contributed by atoms with E-state index in [4.69, 9.17) is 0 Å². The van der Waals surface area contributed by atoms with E-state index in [1.54, 1.807) is 6.92 Å². The fourth-order valence-electron chi connectivity index (χ4n) is 0.371. The van der Waals surface area contributed by atoms with Crippen LogP contribution in [0.4, 0.5) is 4.39 Å². The van der Waals surface area contributed by atoms with E-state index >= 15 is 0 Å². The van der Waals surface area contributed by atoms with Gasteiger partial charge in [-0.25, -0.2) is 12.8 Å². The molecule has 0 rings (SSSR count). The molecule has 0 radical (unpaired) electrons. The monoisotopic (exact) mass is 178 g/mol. The van der Waals surface area contributed by atoms with Crippen LogP contribution >= 0.6 is 0 Å². The summed E-state index contributed by atoms with van der Waals surface area (Å²) in [5.74, 6) is 0. The molecule has 6 heteroatoms. The zero-order valence-electron chi connectivity index (χ0n) is 6.00. The van der Waals surface area contributed by atoms with Crippen molar-refractivity contribution >= 4 is 10.1 Å². The molecular formula is C4H8FNaO3S. The Hall–Kier alpha value is 0.840. The van der Waals surface area contributed by atoms with Crippen LogP contribution in [-0.4, -0.2) is 18.5 Å².